The number of hydrogen-bond donors (Lipinski definition) is 1. The molecule has 2 amide bonds. The summed E-state index contributed by atoms with van der Waals surface area (Å²) in [5.74, 6) is 0. The van der Waals surface area contributed by atoms with Gasteiger partial charge in [-0.1, -0.05) is 41.1 Å². The molecule has 1 aliphatic rings. The second-order valence-electron chi connectivity index (χ2n) is 4.50. The summed E-state index contributed by atoms with van der Waals surface area (Å²) in [6.45, 7) is 1.46. The molecule has 110 valence electrons. The van der Waals surface area contributed by atoms with Crippen LogP contribution in [0, 0.1) is 0 Å². The highest BCUT2D eigenvalue weighted by Gasteiger charge is 2.27. The maximum Gasteiger partial charge on any atom is 0.323 e. The molecule has 6 nitrogen and oxygen atoms in total. The Morgan fingerprint density at radius 3 is 3.10 bits per heavy atom. The number of rotatable bonds is 2. The van der Waals surface area contributed by atoms with Gasteiger partial charge in [0.2, 0.25) is 5.13 Å². The number of halogens is 1. The monoisotopic (exact) mass is 324 g/mol. The molecule has 1 aromatic carbocycles. The first-order valence-electron chi connectivity index (χ1n) is 6.42. The van der Waals surface area contributed by atoms with Crippen molar-refractivity contribution < 1.29 is 9.53 Å². The molecular formula is C13H13ClN4O2S. The minimum atomic E-state index is -0.215. The van der Waals surface area contributed by atoms with Crippen LogP contribution < -0.4 is 5.32 Å². The second kappa shape index (κ2) is 6.38. The lowest BCUT2D eigenvalue weighted by molar-refractivity contribution is -0.0134. The molecule has 1 N–H and O–H groups in total. The van der Waals surface area contributed by atoms with E-state index in [2.05, 4.69) is 15.5 Å². The Balaban J connectivity index is 1.68. The molecule has 1 saturated heterocycles. The van der Waals surface area contributed by atoms with Gasteiger partial charge in [0.1, 0.15) is 11.6 Å². The van der Waals surface area contributed by atoms with Crippen molar-refractivity contribution in [2.45, 2.75) is 6.10 Å². The fourth-order valence-electron chi connectivity index (χ4n) is 2.16. The number of benzene rings is 1. The smallest absolute Gasteiger partial charge is 0.323 e. The number of morpholine rings is 1. The molecule has 0 radical (unpaired) electrons. The third-order valence-electron chi connectivity index (χ3n) is 3.18. The van der Waals surface area contributed by atoms with Crippen molar-refractivity contribution in [3.05, 3.63) is 40.4 Å². The standard InChI is InChI=1S/C13H13ClN4O2S/c14-10-4-2-1-3-9(10)11-7-18(5-6-20-11)13(19)16-12-17-15-8-21-12/h1-4,8,11H,5-7H2,(H,16,17,19). The van der Waals surface area contributed by atoms with Gasteiger partial charge in [0.05, 0.1) is 13.2 Å². The van der Waals surface area contributed by atoms with Crippen LogP contribution in [0.1, 0.15) is 11.7 Å². The molecule has 1 aliphatic heterocycles. The zero-order valence-electron chi connectivity index (χ0n) is 11.0. The number of amides is 2. The molecule has 1 atom stereocenters. The maximum absolute atomic E-state index is 12.2. The highest BCUT2D eigenvalue weighted by atomic mass is 35.5. The average Bonchev–Trinajstić information content (AvgIpc) is 3.01. The summed E-state index contributed by atoms with van der Waals surface area (Å²) in [7, 11) is 0. The van der Waals surface area contributed by atoms with Gasteiger partial charge in [-0.15, -0.1) is 10.2 Å². The van der Waals surface area contributed by atoms with E-state index in [9.17, 15) is 4.79 Å². The number of anilines is 1. The second-order valence-corrected chi connectivity index (χ2v) is 5.74. The van der Waals surface area contributed by atoms with Crippen LogP contribution in [0.3, 0.4) is 0 Å². The molecule has 1 unspecified atom stereocenters. The molecular weight excluding hydrogens is 312 g/mol. The number of urea groups is 1. The third kappa shape index (κ3) is 3.31. The molecule has 2 heterocycles. The van der Waals surface area contributed by atoms with Crippen molar-refractivity contribution in [1.29, 1.82) is 0 Å². The lowest BCUT2D eigenvalue weighted by Gasteiger charge is -2.33. The van der Waals surface area contributed by atoms with Gasteiger partial charge < -0.3 is 9.64 Å². The van der Waals surface area contributed by atoms with Gasteiger partial charge >= 0.3 is 6.03 Å². The molecule has 3 rings (SSSR count). The Morgan fingerprint density at radius 2 is 2.33 bits per heavy atom. The number of aromatic nitrogens is 2. The Morgan fingerprint density at radius 1 is 1.48 bits per heavy atom. The van der Waals surface area contributed by atoms with Crippen LogP contribution in [0.2, 0.25) is 5.02 Å². The molecule has 8 heteroatoms. The molecule has 0 spiro atoms. The quantitative estimate of drug-likeness (QED) is 0.922. The minimum absolute atomic E-state index is 0.202. The first-order chi connectivity index (χ1) is 10.2. The number of carbonyl (C=O) groups excluding carboxylic acids is 1. The molecule has 0 bridgehead atoms. The van der Waals surface area contributed by atoms with Gasteiger partial charge in [0, 0.05) is 17.1 Å². The molecule has 2 aromatic rings. The van der Waals surface area contributed by atoms with Crippen molar-refractivity contribution in [2.75, 3.05) is 25.0 Å². The van der Waals surface area contributed by atoms with E-state index in [1.807, 2.05) is 24.3 Å². The zero-order valence-corrected chi connectivity index (χ0v) is 12.6. The molecule has 21 heavy (non-hydrogen) atoms. The Hall–Kier alpha value is -1.70. The van der Waals surface area contributed by atoms with E-state index in [4.69, 9.17) is 16.3 Å². The fourth-order valence-corrected chi connectivity index (χ4v) is 2.85. The van der Waals surface area contributed by atoms with E-state index in [0.717, 1.165) is 5.56 Å². The summed E-state index contributed by atoms with van der Waals surface area (Å²) in [6.07, 6.45) is -0.215. The lowest BCUT2D eigenvalue weighted by Crippen LogP contribution is -2.44. The first-order valence-corrected chi connectivity index (χ1v) is 7.68. The van der Waals surface area contributed by atoms with Crippen molar-refractivity contribution in [3.8, 4) is 0 Å². The van der Waals surface area contributed by atoms with Crippen LogP contribution in [0.4, 0.5) is 9.93 Å². The average molecular weight is 325 g/mol. The Labute approximate surface area is 130 Å². The maximum atomic E-state index is 12.2. The summed E-state index contributed by atoms with van der Waals surface area (Å²) < 4.78 is 5.73. The zero-order chi connectivity index (χ0) is 14.7. The van der Waals surface area contributed by atoms with Crippen LogP contribution in [0.15, 0.2) is 29.8 Å². The number of nitrogens with zero attached hydrogens (tertiary/aromatic N) is 3. The van der Waals surface area contributed by atoms with Crippen LogP contribution in [-0.4, -0.2) is 40.8 Å². The summed E-state index contributed by atoms with van der Waals surface area (Å²) in [5.41, 5.74) is 2.47. The summed E-state index contributed by atoms with van der Waals surface area (Å²) in [4.78, 5) is 13.9. The van der Waals surface area contributed by atoms with Crippen LogP contribution in [-0.2, 0) is 4.74 Å². The molecule has 0 aliphatic carbocycles. The van der Waals surface area contributed by atoms with Crippen molar-refractivity contribution >= 4 is 34.1 Å². The lowest BCUT2D eigenvalue weighted by atomic mass is 10.1. The fraction of sp³-hybridized carbons (Fsp3) is 0.308. The van der Waals surface area contributed by atoms with Crippen LogP contribution in [0.5, 0.6) is 0 Å². The predicted molar refractivity (Wildman–Crippen MR) is 80.6 cm³/mol. The normalized spacial score (nSPS) is 18.5. The van der Waals surface area contributed by atoms with E-state index in [1.54, 1.807) is 10.4 Å². The topological polar surface area (TPSA) is 67.4 Å². The van der Waals surface area contributed by atoms with E-state index < -0.39 is 0 Å². The van der Waals surface area contributed by atoms with Gasteiger partial charge in [-0.2, -0.15) is 0 Å². The summed E-state index contributed by atoms with van der Waals surface area (Å²) >= 11 is 7.47. The first kappa shape index (κ1) is 14.2. The Bertz CT molecular complexity index is 622. The number of nitrogens with one attached hydrogen (secondary N) is 1. The van der Waals surface area contributed by atoms with E-state index in [-0.39, 0.29) is 12.1 Å². The molecule has 1 fully saturated rings. The van der Waals surface area contributed by atoms with E-state index in [1.165, 1.54) is 11.3 Å². The van der Waals surface area contributed by atoms with E-state index >= 15 is 0 Å². The largest absolute Gasteiger partial charge is 0.370 e. The number of carbonyl (C=O) groups is 1. The highest BCUT2D eigenvalue weighted by Crippen LogP contribution is 2.28. The molecule has 0 saturated carbocycles. The predicted octanol–water partition coefficient (Wildman–Crippen LogP) is 2.80. The van der Waals surface area contributed by atoms with Crippen molar-refractivity contribution in [1.82, 2.24) is 15.1 Å². The van der Waals surface area contributed by atoms with Crippen molar-refractivity contribution in [2.24, 2.45) is 0 Å². The minimum Gasteiger partial charge on any atom is -0.370 e. The van der Waals surface area contributed by atoms with Gasteiger partial charge in [-0.25, -0.2) is 4.79 Å². The number of hydrogen-bond acceptors (Lipinski definition) is 5. The Kier molecular flexibility index (Phi) is 4.33. The summed E-state index contributed by atoms with van der Waals surface area (Å²) in [5, 5.41) is 11.3. The molecule has 1 aromatic heterocycles. The van der Waals surface area contributed by atoms with Gasteiger partial charge in [-0.3, -0.25) is 5.32 Å². The number of ether oxygens (including phenoxy) is 1. The van der Waals surface area contributed by atoms with Gasteiger partial charge in [0.25, 0.3) is 0 Å². The van der Waals surface area contributed by atoms with Gasteiger partial charge in [-0.05, 0) is 6.07 Å². The SMILES string of the molecule is O=C(Nc1nncs1)N1CCOC(c2ccccc2Cl)C1. The third-order valence-corrected chi connectivity index (χ3v) is 4.13. The van der Waals surface area contributed by atoms with Crippen LogP contribution >= 0.6 is 22.9 Å². The van der Waals surface area contributed by atoms with E-state index in [0.29, 0.717) is 29.9 Å². The van der Waals surface area contributed by atoms with Crippen molar-refractivity contribution in [3.63, 3.8) is 0 Å². The van der Waals surface area contributed by atoms with Crippen LogP contribution in [0.25, 0.3) is 0 Å². The van der Waals surface area contributed by atoms with Gasteiger partial charge in [0.15, 0.2) is 0 Å². The highest BCUT2D eigenvalue weighted by molar-refractivity contribution is 7.13. The summed E-state index contributed by atoms with van der Waals surface area (Å²) in [6, 6.07) is 7.31.